The van der Waals surface area contributed by atoms with Gasteiger partial charge in [0, 0.05) is 26.3 Å². The molecule has 1 atom stereocenters. The molecular weight excluding hydrogens is 494 g/mol. The molecule has 0 saturated carbocycles. The predicted molar refractivity (Wildman–Crippen MR) is 80.9 cm³/mol. The fourth-order valence-corrected chi connectivity index (χ4v) is 1.86. The van der Waals surface area contributed by atoms with Gasteiger partial charge in [0.15, 0.2) is 5.54 Å². The van der Waals surface area contributed by atoms with Crippen molar-refractivity contribution in [2.75, 3.05) is 0 Å². The minimum Gasteiger partial charge on any atom is -0.480 e. The molecular formula is C17H12F2IrN2O2-2. The summed E-state index contributed by atoms with van der Waals surface area (Å²) in [5.74, 6) is -2.48. The molecule has 127 valence electrons. The SMILES string of the molecule is O=C(O)C1(c2ccccn2)N=CC(F)=C[C-]1F.[Ir].[c-]1ccccc1. The molecule has 3 rings (SSSR count). The van der Waals surface area contributed by atoms with E-state index in [1.807, 2.05) is 30.3 Å². The maximum atomic E-state index is 13.8. The second-order valence-electron chi connectivity index (χ2n) is 4.44. The third kappa shape index (κ3) is 4.34. The quantitative estimate of drug-likeness (QED) is 0.636. The topological polar surface area (TPSA) is 62.5 Å². The van der Waals surface area contributed by atoms with Crippen LogP contribution in [-0.4, -0.2) is 22.3 Å². The molecule has 0 saturated heterocycles. The van der Waals surface area contributed by atoms with Crippen molar-refractivity contribution in [1.82, 2.24) is 4.98 Å². The van der Waals surface area contributed by atoms with Crippen LogP contribution in [0.25, 0.3) is 0 Å². The van der Waals surface area contributed by atoms with E-state index in [0.717, 1.165) is 0 Å². The zero-order valence-electron chi connectivity index (χ0n) is 12.2. The average molecular weight is 507 g/mol. The number of carboxylic acids is 1. The number of hydrogen-bond acceptors (Lipinski definition) is 3. The minimum atomic E-state index is -2.28. The van der Waals surface area contributed by atoms with E-state index in [0.29, 0.717) is 12.3 Å². The predicted octanol–water partition coefficient (Wildman–Crippen LogP) is 3.29. The van der Waals surface area contributed by atoms with Crippen LogP contribution in [0.3, 0.4) is 0 Å². The Hall–Kier alpha value is -2.37. The van der Waals surface area contributed by atoms with Gasteiger partial charge in [0.1, 0.15) is 0 Å². The fourth-order valence-electron chi connectivity index (χ4n) is 1.86. The van der Waals surface area contributed by atoms with E-state index in [4.69, 9.17) is 5.11 Å². The van der Waals surface area contributed by atoms with Crippen LogP contribution in [0, 0.1) is 12.2 Å². The molecule has 1 N–H and O–H groups in total. The Balaban J connectivity index is 0.000000349. The van der Waals surface area contributed by atoms with Crippen LogP contribution in [-0.2, 0) is 30.4 Å². The normalized spacial score (nSPS) is 18.6. The molecule has 1 unspecified atom stereocenters. The second-order valence-corrected chi connectivity index (χ2v) is 4.44. The first-order valence-corrected chi connectivity index (χ1v) is 6.58. The fraction of sp³-hybridized carbons (Fsp3) is 0.0588. The molecule has 4 nitrogen and oxygen atoms in total. The third-order valence-electron chi connectivity index (χ3n) is 2.94. The summed E-state index contributed by atoms with van der Waals surface area (Å²) < 4.78 is 26.5. The summed E-state index contributed by atoms with van der Waals surface area (Å²) in [4.78, 5) is 18.4. The number of pyridine rings is 1. The summed E-state index contributed by atoms with van der Waals surface area (Å²) in [7, 11) is 0. The molecule has 1 aliphatic rings. The van der Waals surface area contributed by atoms with E-state index in [1.165, 1.54) is 18.3 Å². The number of rotatable bonds is 2. The first kappa shape index (κ1) is 19.7. The molecule has 24 heavy (non-hydrogen) atoms. The summed E-state index contributed by atoms with van der Waals surface area (Å²) in [6.45, 7) is 0. The summed E-state index contributed by atoms with van der Waals surface area (Å²) in [5, 5.41) is 9.13. The third-order valence-corrected chi connectivity index (χ3v) is 2.94. The maximum absolute atomic E-state index is 13.8. The smallest absolute Gasteiger partial charge is 0.327 e. The Morgan fingerprint density at radius 2 is 1.92 bits per heavy atom. The Morgan fingerprint density at radius 3 is 2.33 bits per heavy atom. The maximum Gasteiger partial charge on any atom is 0.327 e. The number of carboxylic acid groups (broad SMARTS) is 1. The number of aliphatic carboxylic acids is 1. The molecule has 2 aromatic rings. The number of nitrogens with zero attached hydrogens (tertiary/aromatic N) is 2. The van der Waals surface area contributed by atoms with Gasteiger partial charge in [-0.2, -0.15) is 42.5 Å². The number of hydrogen-bond donors (Lipinski definition) is 1. The van der Waals surface area contributed by atoms with Crippen LogP contribution in [0.5, 0.6) is 0 Å². The molecule has 0 amide bonds. The molecule has 0 spiro atoms. The van der Waals surface area contributed by atoms with Crippen molar-refractivity contribution in [3.8, 4) is 0 Å². The van der Waals surface area contributed by atoms with Crippen LogP contribution >= 0.6 is 0 Å². The second kappa shape index (κ2) is 9.05. The summed E-state index contributed by atoms with van der Waals surface area (Å²) in [6, 6.07) is 16.9. The van der Waals surface area contributed by atoms with Crippen molar-refractivity contribution in [1.29, 1.82) is 0 Å². The molecule has 1 aromatic carbocycles. The van der Waals surface area contributed by atoms with Gasteiger partial charge < -0.3 is 13.9 Å². The van der Waals surface area contributed by atoms with Crippen molar-refractivity contribution in [2.45, 2.75) is 5.54 Å². The number of benzene rings is 1. The van der Waals surface area contributed by atoms with Gasteiger partial charge in [0.2, 0.25) is 0 Å². The van der Waals surface area contributed by atoms with E-state index < -0.39 is 23.5 Å². The van der Waals surface area contributed by atoms with E-state index in [9.17, 15) is 13.6 Å². The Labute approximate surface area is 151 Å². The summed E-state index contributed by atoms with van der Waals surface area (Å²) >= 11 is 0. The summed E-state index contributed by atoms with van der Waals surface area (Å²) in [5.41, 5.74) is -2.39. The Kier molecular flexibility index (Phi) is 7.42. The van der Waals surface area contributed by atoms with Crippen molar-refractivity contribution < 1.29 is 38.8 Å². The average Bonchev–Trinajstić information content (AvgIpc) is 2.58. The molecule has 1 aromatic heterocycles. The van der Waals surface area contributed by atoms with Crippen LogP contribution < -0.4 is 0 Å². The molecule has 7 heteroatoms. The number of allylic oxidation sites excluding steroid dienone is 1. The van der Waals surface area contributed by atoms with Gasteiger partial charge in [-0.1, -0.05) is 6.07 Å². The van der Waals surface area contributed by atoms with Crippen LogP contribution in [0.1, 0.15) is 5.69 Å². The zero-order valence-corrected chi connectivity index (χ0v) is 14.6. The van der Waals surface area contributed by atoms with Crippen molar-refractivity contribution >= 4 is 12.2 Å². The van der Waals surface area contributed by atoms with E-state index in [1.54, 1.807) is 6.07 Å². The Bertz CT molecular complexity index is 684. The van der Waals surface area contributed by atoms with Crippen LogP contribution in [0.15, 0.2) is 71.6 Å². The number of aromatic nitrogens is 1. The standard InChI is InChI=1S/C11H7F2N2O2.C6H5.Ir/c12-7-5-8(13)11(10(16)17,15-6-7)9-3-1-2-4-14-9;1-2-4-6-5-3-1;/h1-6H,(H,16,17);1-5H;/q2*-1;. The van der Waals surface area contributed by atoms with Crippen molar-refractivity contribution in [2.24, 2.45) is 4.99 Å². The monoisotopic (exact) mass is 507 g/mol. The van der Waals surface area contributed by atoms with E-state index >= 15 is 0 Å². The number of halogens is 2. The zero-order chi connectivity index (χ0) is 16.7. The number of dihydropyridines is 1. The summed E-state index contributed by atoms with van der Waals surface area (Å²) in [6.07, 6.45) is 1.28. The van der Waals surface area contributed by atoms with Crippen LogP contribution in [0.4, 0.5) is 8.78 Å². The molecule has 0 bridgehead atoms. The van der Waals surface area contributed by atoms with Crippen molar-refractivity contribution in [3.63, 3.8) is 0 Å². The number of carbonyl (C=O) groups is 1. The van der Waals surface area contributed by atoms with Gasteiger partial charge in [-0.3, -0.25) is 14.8 Å². The van der Waals surface area contributed by atoms with Crippen LogP contribution in [0.2, 0.25) is 0 Å². The number of aliphatic imine (C=N–C) groups is 1. The molecule has 1 aliphatic heterocycles. The molecule has 2 heterocycles. The van der Waals surface area contributed by atoms with Gasteiger partial charge >= 0.3 is 5.97 Å². The van der Waals surface area contributed by atoms with E-state index in [-0.39, 0.29) is 25.8 Å². The largest absolute Gasteiger partial charge is 0.480 e. The Morgan fingerprint density at radius 1 is 1.21 bits per heavy atom. The first-order valence-electron chi connectivity index (χ1n) is 6.58. The van der Waals surface area contributed by atoms with Gasteiger partial charge in [0.05, 0.1) is 5.69 Å². The van der Waals surface area contributed by atoms with Crippen molar-refractivity contribution in [3.05, 3.63) is 84.6 Å². The first-order chi connectivity index (χ1) is 11.1. The molecule has 0 fully saturated rings. The molecule has 1 radical (unpaired) electrons. The van der Waals surface area contributed by atoms with E-state index in [2.05, 4.69) is 16.0 Å². The van der Waals surface area contributed by atoms with Gasteiger partial charge in [-0.05, 0) is 30.3 Å². The van der Waals surface area contributed by atoms with Gasteiger partial charge in [-0.25, -0.2) is 0 Å². The molecule has 0 aliphatic carbocycles. The van der Waals surface area contributed by atoms with Gasteiger partial charge in [0.25, 0.3) is 0 Å². The minimum absolute atomic E-state index is 0. The van der Waals surface area contributed by atoms with Gasteiger partial charge in [-0.15, -0.1) is 0 Å².